The third-order valence-corrected chi connectivity index (χ3v) is 2.90. The third-order valence-electron chi connectivity index (χ3n) is 2.90. The Morgan fingerprint density at radius 2 is 1.83 bits per heavy atom. The van der Waals surface area contributed by atoms with Crippen LogP contribution >= 0.6 is 0 Å². The molecule has 1 rings (SSSR count). The number of likely N-dealkylation sites (tertiary alicyclic amines) is 1. The van der Waals surface area contributed by atoms with Crippen molar-refractivity contribution in [2.75, 3.05) is 20.3 Å². The number of hydrogen-bond acceptors (Lipinski definition) is 2. The van der Waals surface area contributed by atoms with Gasteiger partial charge in [0, 0.05) is 32.3 Å². The maximum absolute atomic E-state index is 5.05. The van der Waals surface area contributed by atoms with Gasteiger partial charge in [0.05, 0.1) is 0 Å². The highest BCUT2D eigenvalue weighted by molar-refractivity contribution is 4.81. The van der Waals surface area contributed by atoms with Gasteiger partial charge in [-0.1, -0.05) is 0 Å². The van der Waals surface area contributed by atoms with Gasteiger partial charge in [-0.05, 0) is 33.1 Å². The first-order valence-corrected chi connectivity index (χ1v) is 5.00. The summed E-state index contributed by atoms with van der Waals surface area (Å²) in [6.45, 7) is 6.76. The summed E-state index contributed by atoms with van der Waals surface area (Å²) in [6.07, 6.45) is 3.91. The molecule has 1 aliphatic heterocycles. The minimum Gasteiger partial charge on any atom is -0.385 e. The van der Waals surface area contributed by atoms with E-state index < -0.39 is 0 Å². The number of hydrogen-bond donors (Lipinski definition) is 0. The molecular weight excluding hydrogens is 150 g/mol. The minimum atomic E-state index is 0.789. The molecule has 0 unspecified atom stereocenters. The zero-order chi connectivity index (χ0) is 8.97. The maximum atomic E-state index is 5.05. The smallest absolute Gasteiger partial charge is 0.0474 e. The Kier molecular flexibility index (Phi) is 4.02. The van der Waals surface area contributed by atoms with Crippen LogP contribution < -0.4 is 0 Å². The monoisotopic (exact) mass is 171 g/mol. The van der Waals surface area contributed by atoms with Crippen LogP contribution in [0.15, 0.2) is 0 Å². The van der Waals surface area contributed by atoms with E-state index in [1.807, 2.05) is 0 Å². The predicted molar refractivity (Wildman–Crippen MR) is 51.4 cm³/mol. The quantitative estimate of drug-likeness (QED) is 0.599. The van der Waals surface area contributed by atoms with Crippen molar-refractivity contribution in [1.82, 2.24) is 4.90 Å². The minimum absolute atomic E-state index is 0.789. The van der Waals surface area contributed by atoms with Gasteiger partial charge in [0.25, 0.3) is 0 Å². The lowest BCUT2D eigenvalue weighted by Crippen LogP contribution is -2.33. The molecule has 0 aromatic heterocycles. The molecule has 0 bridgehead atoms. The molecule has 0 aromatic carbocycles. The van der Waals surface area contributed by atoms with Crippen LogP contribution in [0.2, 0.25) is 0 Å². The highest BCUT2D eigenvalue weighted by atomic mass is 16.5. The van der Waals surface area contributed by atoms with E-state index in [-0.39, 0.29) is 0 Å². The van der Waals surface area contributed by atoms with E-state index in [4.69, 9.17) is 4.74 Å². The molecule has 1 aliphatic rings. The molecule has 0 N–H and O–H groups in total. The third kappa shape index (κ3) is 2.46. The first-order chi connectivity index (χ1) is 5.75. The molecule has 0 radical (unpaired) electrons. The topological polar surface area (TPSA) is 12.5 Å². The van der Waals surface area contributed by atoms with Crippen molar-refractivity contribution < 1.29 is 4.74 Å². The average Bonchev–Trinajstić information content (AvgIpc) is 2.35. The van der Waals surface area contributed by atoms with E-state index in [1.54, 1.807) is 7.11 Å². The van der Waals surface area contributed by atoms with Crippen LogP contribution in [0, 0.1) is 0 Å². The Morgan fingerprint density at radius 3 is 2.33 bits per heavy atom. The van der Waals surface area contributed by atoms with Crippen molar-refractivity contribution in [2.45, 2.75) is 45.2 Å². The lowest BCUT2D eigenvalue weighted by molar-refractivity contribution is 0.154. The van der Waals surface area contributed by atoms with Gasteiger partial charge in [-0.15, -0.1) is 0 Å². The lowest BCUT2D eigenvalue weighted by atomic mass is 10.2. The molecule has 2 nitrogen and oxygen atoms in total. The number of ether oxygens (including phenoxy) is 1. The van der Waals surface area contributed by atoms with Crippen LogP contribution in [-0.4, -0.2) is 37.2 Å². The van der Waals surface area contributed by atoms with E-state index in [9.17, 15) is 0 Å². The molecule has 2 atom stereocenters. The standard InChI is InChI=1S/C10H21NO/c1-9-5-6-10(2)11(9)7-4-8-12-3/h9-10H,4-8H2,1-3H3/t9-,10-/m1/s1. The van der Waals surface area contributed by atoms with Crippen molar-refractivity contribution in [2.24, 2.45) is 0 Å². The molecule has 1 heterocycles. The van der Waals surface area contributed by atoms with Gasteiger partial charge in [0.1, 0.15) is 0 Å². The van der Waals surface area contributed by atoms with E-state index in [1.165, 1.54) is 25.8 Å². The summed E-state index contributed by atoms with van der Waals surface area (Å²) in [5, 5.41) is 0. The normalized spacial score (nSPS) is 31.2. The fourth-order valence-corrected chi connectivity index (χ4v) is 2.08. The zero-order valence-electron chi connectivity index (χ0n) is 8.55. The summed E-state index contributed by atoms with van der Waals surface area (Å²) >= 11 is 0. The Labute approximate surface area is 75.9 Å². The number of nitrogens with zero attached hydrogens (tertiary/aromatic N) is 1. The van der Waals surface area contributed by atoms with Crippen LogP contribution in [0.3, 0.4) is 0 Å². The van der Waals surface area contributed by atoms with Gasteiger partial charge in [-0.3, -0.25) is 4.90 Å². The van der Waals surface area contributed by atoms with E-state index >= 15 is 0 Å². The van der Waals surface area contributed by atoms with Crippen molar-refractivity contribution in [3.05, 3.63) is 0 Å². The second-order valence-corrected chi connectivity index (χ2v) is 3.86. The summed E-state index contributed by atoms with van der Waals surface area (Å²) < 4.78 is 5.05. The van der Waals surface area contributed by atoms with E-state index in [2.05, 4.69) is 18.7 Å². The summed E-state index contributed by atoms with van der Waals surface area (Å²) in [7, 11) is 1.77. The lowest BCUT2D eigenvalue weighted by Gasteiger charge is -2.25. The SMILES string of the molecule is COCCCN1[C@H](C)CC[C@H]1C. The van der Waals surface area contributed by atoms with Gasteiger partial charge in [-0.25, -0.2) is 0 Å². The van der Waals surface area contributed by atoms with Crippen molar-refractivity contribution in [3.8, 4) is 0 Å². The molecule has 0 aromatic rings. The van der Waals surface area contributed by atoms with Crippen molar-refractivity contribution in [1.29, 1.82) is 0 Å². The second-order valence-electron chi connectivity index (χ2n) is 3.86. The highest BCUT2D eigenvalue weighted by Gasteiger charge is 2.25. The van der Waals surface area contributed by atoms with Crippen molar-refractivity contribution >= 4 is 0 Å². The molecule has 0 saturated carbocycles. The molecular formula is C10H21NO. The Bertz CT molecular complexity index is 117. The maximum Gasteiger partial charge on any atom is 0.0474 e. The van der Waals surface area contributed by atoms with E-state index in [0.717, 1.165) is 18.7 Å². The summed E-state index contributed by atoms with van der Waals surface area (Å²) in [6, 6.07) is 1.58. The Balaban J connectivity index is 2.20. The van der Waals surface area contributed by atoms with Gasteiger partial charge < -0.3 is 4.74 Å². The first-order valence-electron chi connectivity index (χ1n) is 5.00. The molecule has 2 heteroatoms. The van der Waals surface area contributed by atoms with Gasteiger partial charge in [0.2, 0.25) is 0 Å². The molecule has 0 amide bonds. The van der Waals surface area contributed by atoms with E-state index in [0.29, 0.717) is 0 Å². The van der Waals surface area contributed by atoms with Gasteiger partial charge in [-0.2, -0.15) is 0 Å². The molecule has 0 aliphatic carbocycles. The van der Waals surface area contributed by atoms with Crippen LogP contribution in [0.25, 0.3) is 0 Å². The molecule has 1 saturated heterocycles. The van der Waals surface area contributed by atoms with Crippen molar-refractivity contribution in [3.63, 3.8) is 0 Å². The number of rotatable bonds is 4. The average molecular weight is 171 g/mol. The van der Waals surface area contributed by atoms with Gasteiger partial charge >= 0.3 is 0 Å². The molecule has 72 valence electrons. The first kappa shape index (κ1) is 10.0. The highest BCUT2D eigenvalue weighted by Crippen LogP contribution is 2.22. The molecule has 0 spiro atoms. The van der Waals surface area contributed by atoms with Crippen LogP contribution in [0.5, 0.6) is 0 Å². The summed E-state index contributed by atoms with van der Waals surface area (Å²) in [5.74, 6) is 0. The Hall–Kier alpha value is -0.0800. The van der Waals surface area contributed by atoms with Crippen LogP contribution in [0.1, 0.15) is 33.1 Å². The number of methoxy groups -OCH3 is 1. The molecule has 12 heavy (non-hydrogen) atoms. The zero-order valence-corrected chi connectivity index (χ0v) is 8.55. The second kappa shape index (κ2) is 4.83. The predicted octanol–water partition coefficient (Wildman–Crippen LogP) is 1.90. The molecule has 1 fully saturated rings. The fraction of sp³-hybridized carbons (Fsp3) is 1.00. The van der Waals surface area contributed by atoms with Crippen LogP contribution in [0.4, 0.5) is 0 Å². The summed E-state index contributed by atoms with van der Waals surface area (Å²) in [5.41, 5.74) is 0. The summed E-state index contributed by atoms with van der Waals surface area (Å²) in [4.78, 5) is 2.60. The Morgan fingerprint density at radius 1 is 1.25 bits per heavy atom. The largest absolute Gasteiger partial charge is 0.385 e. The van der Waals surface area contributed by atoms with Crippen LogP contribution in [-0.2, 0) is 4.74 Å². The van der Waals surface area contributed by atoms with Gasteiger partial charge in [0.15, 0.2) is 0 Å². The fourth-order valence-electron chi connectivity index (χ4n) is 2.08.